The highest BCUT2D eigenvalue weighted by Crippen LogP contribution is 2.35. The van der Waals surface area contributed by atoms with Crippen LogP contribution in [0.25, 0.3) is 0 Å². The standard InChI is InChI=1S/C16H17ClN2O3S.C2H6/c1-8(2)11-7-23-16(18-11)15(21)19-14-10(9(3)20)5-6-12(22-4)13(14)17;1-2/h5-8H,1-4H3,(H,19,21);1-2H3. The number of ether oxygens (including phenoxy) is 1. The summed E-state index contributed by atoms with van der Waals surface area (Å²) in [5, 5.41) is 5.04. The summed E-state index contributed by atoms with van der Waals surface area (Å²) < 4.78 is 5.14. The minimum Gasteiger partial charge on any atom is -0.495 e. The van der Waals surface area contributed by atoms with Crippen LogP contribution in [-0.2, 0) is 0 Å². The van der Waals surface area contributed by atoms with Gasteiger partial charge in [0.15, 0.2) is 10.8 Å². The van der Waals surface area contributed by atoms with Gasteiger partial charge in [-0.05, 0) is 25.0 Å². The van der Waals surface area contributed by atoms with E-state index in [0.29, 0.717) is 16.3 Å². The Labute approximate surface area is 157 Å². The first-order valence-electron chi connectivity index (χ1n) is 7.99. The van der Waals surface area contributed by atoms with Gasteiger partial charge in [-0.1, -0.05) is 39.3 Å². The maximum Gasteiger partial charge on any atom is 0.284 e. The fraction of sp³-hybridized carbons (Fsp3) is 0.389. The number of anilines is 1. The van der Waals surface area contributed by atoms with Crippen molar-refractivity contribution in [2.24, 2.45) is 0 Å². The molecule has 2 aromatic rings. The number of Topliss-reactive ketones (excluding diaryl/α,β-unsaturated/α-hetero) is 1. The van der Waals surface area contributed by atoms with Gasteiger partial charge in [-0.3, -0.25) is 9.59 Å². The summed E-state index contributed by atoms with van der Waals surface area (Å²) in [6.07, 6.45) is 0. The van der Waals surface area contributed by atoms with Crippen molar-refractivity contribution in [3.05, 3.63) is 38.8 Å². The van der Waals surface area contributed by atoms with E-state index in [1.807, 2.05) is 33.1 Å². The third-order valence-corrected chi connectivity index (χ3v) is 4.49. The molecule has 0 bridgehead atoms. The molecule has 1 heterocycles. The van der Waals surface area contributed by atoms with Crippen LogP contribution in [0.15, 0.2) is 17.5 Å². The van der Waals surface area contributed by atoms with Gasteiger partial charge in [0, 0.05) is 10.9 Å². The van der Waals surface area contributed by atoms with Crippen LogP contribution in [0.3, 0.4) is 0 Å². The second-order valence-corrected chi connectivity index (χ2v) is 6.48. The zero-order valence-corrected chi connectivity index (χ0v) is 16.8. The van der Waals surface area contributed by atoms with Crippen molar-refractivity contribution in [3.8, 4) is 5.75 Å². The first-order valence-corrected chi connectivity index (χ1v) is 9.25. The number of nitrogens with zero attached hydrogens (tertiary/aromatic N) is 1. The van der Waals surface area contributed by atoms with Crippen molar-refractivity contribution in [2.75, 3.05) is 12.4 Å². The van der Waals surface area contributed by atoms with E-state index >= 15 is 0 Å². The first kappa shape index (κ1) is 21.1. The summed E-state index contributed by atoms with van der Waals surface area (Å²) in [6, 6.07) is 3.17. The van der Waals surface area contributed by atoms with Gasteiger partial charge >= 0.3 is 0 Å². The number of carbonyl (C=O) groups is 2. The monoisotopic (exact) mass is 382 g/mol. The lowest BCUT2D eigenvalue weighted by molar-refractivity contribution is 0.101. The summed E-state index contributed by atoms with van der Waals surface area (Å²) in [5.41, 5.74) is 1.42. The van der Waals surface area contributed by atoms with E-state index in [2.05, 4.69) is 10.3 Å². The normalized spacial score (nSPS) is 10.1. The van der Waals surface area contributed by atoms with Crippen LogP contribution in [0.1, 0.15) is 66.4 Å². The van der Waals surface area contributed by atoms with E-state index in [1.54, 1.807) is 12.1 Å². The number of nitrogens with one attached hydrogen (secondary N) is 1. The molecule has 1 amide bonds. The number of methoxy groups -OCH3 is 1. The number of hydrogen-bond donors (Lipinski definition) is 1. The lowest BCUT2D eigenvalue weighted by Crippen LogP contribution is -2.15. The number of carbonyl (C=O) groups excluding carboxylic acids is 2. The molecule has 0 unspecified atom stereocenters. The van der Waals surface area contributed by atoms with E-state index < -0.39 is 5.91 Å². The number of aromatic nitrogens is 1. The van der Waals surface area contributed by atoms with E-state index in [-0.39, 0.29) is 22.4 Å². The molecule has 0 fully saturated rings. The van der Waals surface area contributed by atoms with Crippen molar-refractivity contribution >= 4 is 40.3 Å². The number of hydrogen-bond acceptors (Lipinski definition) is 5. The zero-order valence-electron chi connectivity index (χ0n) is 15.3. The molecule has 2 rings (SSSR count). The van der Waals surface area contributed by atoms with E-state index in [9.17, 15) is 9.59 Å². The average Bonchev–Trinajstić information content (AvgIpc) is 3.08. The molecule has 0 aliphatic heterocycles. The molecule has 1 N–H and O–H groups in total. The predicted molar refractivity (Wildman–Crippen MR) is 104 cm³/mol. The summed E-state index contributed by atoms with van der Waals surface area (Å²) in [7, 11) is 1.47. The van der Waals surface area contributed by atoms with Crippen molar-refractivity contribution in [1.29, 1.82) is 0 Å². The Morgan fingerprint density at radius 2 is 1.92 bits per heavy atom. The number of thiazole rings is 1. The Kier molecular flexibility index (Phi) is 8.06. The van der Waals surface area contributed by atoms with Crippen molar-refractivity contribution < 1.29 is 14.3 Å². The number of benzene rings is 1. The van der Waals surface area contributed by atoms with Crippen LogP contribution in [0.2, 0.25) is 5.02 Å². The Morgan fingerprint density at radius 3 is 2.40 bits per heavy atom. The summed E-state index contributed by atoms with van der Waals surface area (Å²) >= 11 is 7.49. The van der Waals surface area contributed by atoms with Gasteiger partial charge in [-0.25, -0.2) is 4.98 Å². The number of ketones is 1. The number of rotatable bonds is 5. The quantitative estimate of drug-likeness (QED) is 0.702. The number of halogens is 1. The van der Waals surface area contributed by atoms with E-state index in [1.165, 1.54) is 25.4 Å². The van der Waals surface area contributed by atoms with Crippen LogP contribution in [0.4, 0.5) is 5.69 Å². The Morgan fingerprint density at radius 1 is 1.28 bits per heavy atom. The van der Waals surface area contributed by atoms with Crippen LogP contribution in [0, 0.1) is 0 Å². The van der Waals surface area contributed by atoms with E-state index in [4.69, 9.17) is 16.3 Å². The molecule has 0 spiro atoms. The van der Waals surface area contributed by atoms with Gasteiger partial charge < -0.3 is 10.1 Å². The van der Waals surface area contributed by atoms with E-state index in [0.717, 1.165) is 5.69 Å². The largest absolute Gasteiger partial charge is 0.495 e. The topological polar surface area (TPSA) is 68.3 Å². The van der Waals surface area contributed by atoms with Gasteiger partial charge in [0.2, 0.25) is 0 Å². The molecule has 25 heavy (non-hydrogen) atoms. The highest BCUT2D eigenvalue weighted by molar-refractivity contribution is 7.11. The number of amides is 1. The third kappa shape index (κ3) is 5.03. The summed E-state index contributed by atoms with van der Waals surface area (Å²) in [5.74, 6) is 0.0152. The van der Waals surface area contributed by atoms with Crippen LogP contribution in [-0.4, -0.2) is 23.8 Å². The van der Waals surface area contributed by atoms with Crippen LogP contribution in [0.5, 0.6) is 5.75 Å². The first-order chi connectivity index (χ1) is 11.8. The molecule has 1 aromatic heterocycles. The minimum absolute atomic E-state index is 0.189. The molecule has 0 atom stereocenters. The highest BCUT2D eigenvalue weighted by atomic mass is 35.5. The molecule has 0 aliphatic rings. The fourth-order valence-electron chi connectivity index (χ4n) is 1.95. The third-order valence-electron chi connectivity index (χ3n) is 3.25. The lowest BCUT2D eigenvalue weighted by Gasteiger charge is -2.13. The molecule has 0 aliphatic carbocycles. The molecular weight excluding hydrogens is 360 g/mol. The second kappa shape index (κ2) is 9.53. The minimum atomic E-state index is -0.403. The average molecular weight is 383 g/mol. The Hall–Kier alpha value is -1.92. The fourth-order valence-corrected chi connectivity index (χ4v) is 3.12. The molecule has 0 saturated carbocycles. The Bertz CT molecular complexity index is 757. The Balaban J connectivity index is 0.00000151. The molecule has 0 radical (unpaired) electrons. The summed E-state index contributed by atoms with van der Waals surface area (Å²) in [4.78, 5) is 28.5. The van der Waals surface area contributed by atoms with Crippen LogP contribution < -0.4 is 10.1 Å². The van der Waals surface area contributed by atoms with Crippen LogP contribution >= 0.6 is 22.9 Å². The summed E-state index contributed by atoms with van der Waals surface area (Å²) in [6.45, 7) is 9.42. The van der Waals surface area contributed by atoms with Gasteiger partial charge in [0.25, 0.3) is 5.91 Å². The van der Waals surface area contributed by atoms with Gasteiger partial charge in [-0.2, -0.15) is 0 Å². The molecule has 7 heteroatoms. The van der Waals surface area contributed by atoms with Gasteiger partial charge in [0.1, 0.15) is 10.8 Å². The highest BCUT2D eigenvalue weighted by Gasteiger charge is 2.20. The molecule has 136 valence electrons. The second-order valence-electron chi connectivity index (χ2n) is 5.25. The predicted octanol–water partition coefficient (Wildman–Crippen LogP) is 5.41. The van der Waals surface area contributed by atoms with Gasteiger partial charge in [-0.15, -0.1) is 11.3 Å². The molecule has 1 aromatic carbocycles. The van der Waals surface area contributed by atoms with Gasteiger partial charge in [0.05, 0.1) is 18.5 Å². The van der Waals surface area contributed by atoms with Crippen molar-refractivity contribution in [3.63, 3.8) is 0 Å². The maximum absolute atomic E-state index is 12.4. The van der Waals surface area contributed by atoms with Crippen molar-refractivity contribution in [2.45, 2.75) is 40.5 Å². The molecule has 0 saturated heterocycles. The smallest absolute Gasteiger partial charge is 0.284 e. The molecular formula is C18H23ClN2O3S. The molecule has 5 nitrogen and oxygen atoms in total. The van der Waals surface area contributed by atoms with Crippen molar-refractivity contribution in [1.82, 2.24) is 4.98 Å². The zero-order chi connectivity index (χ0) is 19.1. The lowest BCUT2D eigenvalue weighted by atomic mass is 10.1. The maximum atomic E-state index is 12.4. The SMILES string of the molecule is CC.COc1ccc(C(C)=O)c(NC(=O)c2nc(C(C)C)cs2)c1Cl.